The van der Waals surface area contributed by atoms with E-state index in [2.05, 4.69) is 39.8 Å². The van der Waals surface area contributed by atoms with Gasteiger partial charge in [-0.2, -0.15) is 0 Å². The number of ether oxygens (including phenoxy) is 1. The van der Waals surface area contributed by atoms with Crippen molar-refractivity contribution in [1.82, 2.24) is 15.5 Å². The van der Waals surface area contributed by atoms with Gasteiger partial charge in [-0.05, 0) is 47.2 Å². The third-order valence-corrected chi connectivity index (χ3v) is 7.54. The fraction of sp³-hybridized carbons (Fsp3) is 0.364. The maximum atomic E-state index is 13.3. The van der Waals surface area contributed by atoms with Crippen LogP contribution in [0.25, 0.3) is 11.1 Å². The number of nitrogens with one attached hydrogen (secondary N) is 2. The maximum absolute atomic E-state index is 13.3. The van der Waals surface area contributed by atoms with Crippen LogP contribution < -0.4 is 10.6 Å². The zero-order valence-corrected chi connectivity index (χ0v) is 23.9. The fourth-order valence-electron chi connectivity index (χ4n) is 5.32. The van der Waals surface area contributed by atoms with Crippen molar-refractivity contribution >= 4 is 18.0 Å². The average molecular weight is 558 g/mol. The number of aliphatic carboxylic acids is 1. The molecule has 0 fully saturated rings. The third-order valence-electron chi connectivity index (χ3n) is 7.54. The Balaban J connectivity index is 1.38. The summed E-state index contributed by atoms with van der Waals surface area (Å²) in [5, 5.41) is 14.9. The van der Waals surface area contributed by atoms with E-state index < -0.39 is 24.0 Å². The summed E-state index contributed by atoms with van der Waals surface area (Å²) in [5.41, 5.74) is 5.57. The first kappa shape index (κ1) is 29.8. The molecule has 8 heteroatoms. The van der Waals surface area contributed by atoms with Crippen LogP contribution in [0.1, 0.15) is 49.3 Å². The van der Waals surface area contributed by atoms with Gasteiger partial charge in [-0.1, -0.05) is 92.7 Å². The maximum Gasteiger partial charge on any atom is 0.407 e. The smallest absolute Gasteiger partial charge is 0.407 e. The molecule has 0 heterocycles. The highest BCUT2D eigenvalue weighted by atomic mass is 16.5. The number of hydrogen-bond acceptors (Lipinski definition) is 5. The van der Waals surface area contributed by atoms with Crippen LogP contribution in [-0.2, 0) is 20.9 Å². The third kappa shape index (κ3) is 7.95. The molecule has 4 rings (SSSR count). The second-order valence-electron chi connectivity index (χ2n) is 11.0. The summed E-state index contributed by atoms with van der Waals surface area (Å²) in [6.45, 7) is 5.46. The van der Waals surface area contributed by atoms with Gasteiger partial charge >= 0.3 is 12.1 Å². The molecule has 0 saturated heterocycles. The molecular weight excluding hydrogens is 518 g/mol. The summed E-state index contributed by atoms with van der Waals surface area (Å²) >= 11 is 0. The molecule has 8 nitrogen and oxygen atoms in total. The lowest BCUT2D eigenvalue weighted by Gasteiger charge is -2.29. The molecule has 0 spiro atoms. The highest BCUT2D eigenvalue weighted by molar-refractivity contribution is 5.86. The van der Waals surface area contributed by atoms with Gasteiger partial charge in [0.1, 0.15) is 12.6 Å². The zero-order chi connectivity index (χ0) is 29.4. The van der Waals surface area contributed by atoms with Gasteiger partial charge in [0.05, 0.1) is 0 Å². The van der Waals surface area contributed by atoms with Crippen molar-refractivity contribution in [1.29, 1.82) is 0 Å². The summed E-state index contributed by atoms with van der Waals surface area (Å²) in [7, 11) is 1.99. The lowest BCUT2D eigenvalue weighted by Crippen LogP contribution is -2.53. The molecule has 3 aromatic rings. The van der Waals surface area contributed by atoms with Gasteiger partial charge in [-0.3, -0.25) is 9.59 Å². The van der Waals surface area contributed by atoms with Gasteiger partial charge in [0.15, 0.2) is 0 Å². The molecular formula is C33H39N3O5. The standard InChI is InChI=1S/C33H39N3O5/c1-22(2)30(20-36(3)19-23-11-5-4-6-12-23)34-32(39)29(17-18-31(37)38)35-33(40)41-21-28-26-15-9-7-13-24(26)25-14-8-10-16-27(25)28/h4-16,22,28-30H,17-21H2,1-3H3,(H,34,39)(H,35,40)(H,37,38). The molecule has 3 N–H and O–H groups in total. The van der Waals surface area contributed by atoms with Crippen molar-refractivity contribution < 1.29 is 24.2 Å². The lowest BCUT2D eigenvalue weighted by molar-refractivity contribution is -0.137. The molecule has 2 atom stereocenters. The summed E-state index contributed by atoms with van der Waals surface area (Å²) in [5.74, 6) is -1.47. The number of fused-ring (bicyclic) bond motifs is 3. The molecule has 216 valence electrons. The SMILES string of the molecule is CC(C)C(CN(C)Cc1ccccc1)NC(=O)C(CCC(=O)O)NC(=O)OCC1c2ccccc2-c2ccccc21. The number of benzene rings is 3. The molecule has 0 aliphatic heterocycles. The van der Waals surface area contributed by atoms with E-state index in [-0.39, 0.29) is 37.3 Å². The number of nitrogens with zero attached hydrogens (tertiary/aromatic N) is 1. The Hall–Kier alpha value is -4.17. The van der Waals surface area contributed by atoms with Crippen molar-refractivity contribution in [2.24, 2.45) is 5.92 Å². The van der Waals surface area contributed by atoms with Crippen molar-refractivity contribution in [2.75, 3.05) is 20.2 Å². The molecule has 0 bridgehead atoms. The van der Waals surface area contributed by atoms with E-state index in [0.29, 0.717) is 6.54 Å². The Kier molecular flexibility index (Phi) is 10.1. The molecule has 2 unspecified atom stereocenters. The number of rotatable bonds is 13. The molecule has 2 amide bonds. The second kappa shape index (κ2) is 13.9. The normalized spacial score (nSPS) is 13.8. The van der Waals surface area contributed by atoms with Crippen molar-refractivity contribution in [3.05, 3.63) is 95.6 Å². The fourth-order valence-corrected chi connectivity index (χ4v) is 5.32. The van der Waals surface area contributed by atoms with Gasteiger partial charge in [0, 0.05) is 31.5 Å². The monoisotopic (exact) mass is 557 g/mol. The number of amides is 2. The molecule has 0 radical (unpaired) electrons. The number of hydrogen-bond donors (Lipinski definition) is 3. The first-order chi connectivity index (χ1) is 19.7. The van der Waals surface area contributed by atoms with E-state index in [0.717, 1.165) is 28.8 Å². The molecule has 41 heavy (non-hydrogen) atoms. The van der Waals surface area contributed by atoms with Crippen molar-refractivity contribution in [3.63, 3.8) is 0 Å². The number of carboxylic acids is 1. The van der Waals surface area contributed by atoms with Gasteiger partial charge in [0.2, 0.25) is 5.91 Å². The number of likely N-dealkylation sites (N-methyl/N-ethyl adjacent to an activating group) is 1. The van der Waals surface area contributed by atoms with E-state index in [4.69, 9.17) is 4.74 Å². The second-order valence-corrected chi connectivity index (χ2v) is 11.0. The number of carboxylic acid groups (broad SMARTS) is 1. The van der Waals surface area contributed by atoms with Crippen LogP contribution in [0, 0.1) is 5.92 Å². The van der Waals surface area contributed by atoms with E-state index in [9.17, 15) is 19.5 Å². The van der Waals surface area contributed by atoms with Gasteiger partial charge in [-0.25, -0.2) is 4.79 Å². The summed E-state index contributed by atoms with van der Waals surface area (Å²) in [4.78, 5) is 39.7. The first-order valence-corrected chi connectivity index (χ1v) is 14.1. The van der Waals surface area contributed by atoms with Crippen LogP contribution in [0.15, 0.2) is 78.9 Å². The minimum Gasteiger partial charge on any atom is -0.481 e. The van der Waals surface area contributed by atoms with Crippen LogP contribution in [0.3, 0.4) is 0 Å². The molecule has 1 aliphatic rings. The van der Waals surface area contributed by atoms with Crippen molar-refractivity contribution in [2.45, 2.75) is 51.2 Å². The van der Waals surface area contributed by atoms with Crippen LogP contribution in [-0.4, -0.2) is 60.3 Å². The van der Waals surface area contributed by atoms with E-state index in [1.165, 1.54) is 5.56 Å². The minimum atomic E-state index is -1.04. The summed E-state index contributed by atoms with van der Waals surface area (Å²) in [6.07, 6.45) is -1.06. The van der Waals surface area contributed by atoms with E-state index >= 15 is 0 Å². The number of carbonyl (C=O) groups is 3. The Morgan fingerprint density at radius 3 is 2.05 bits per heavy atom. The highest BCUT2D eigenvalue weighted by Gasteiger charge is 2.30. The van der Waals surface area contributed by atoms with E-state index in [1.54, 1.807) is 0 Å². The predicted molar refractivity (Wildman–Crippen MR) is 158 cm³/mol. The summed E-state index contributed by atoms with van der Waals surface area (Å²) < 4.78 is 5.62. The van der Waals surface area contributed by atoms with Crippen LogP contribution in [0.5, 0.6) is 0 Å². The largest absolute Gasteiger partial charge is 0.481 e. The number of alkyl carbamates (subject to hydrolysis) is 1. The van der Waals surface area contributed by atoms with Gasteiger partial charge in [0.25, 0.3) is 0 Å². The topological polar surface area (TPSA) is 108 Å². The molecule has 0 aromatic heterocycles. The molecule has 0 saturated carbocycles. The number of carbonyl (C=O) groups excluding carboxylic acids is 2. The lowest BCUT2D eigenvalue weighted by atomic mass is 9.98. The zero-order valence-electron chi connectivity index (χ0n) is 23.9. The highest BCUT2D eigenvalue weighted by Crippen LogP contribution is 2.44. The van der Waals surface area contributed by atoms with Gasteiger partial charge in [-0.15, -0.1) is 0 Å². The first-order valence-electron chi connectivity index (χ1n) is 14.1. The van der Waals surface area contributed by atoms with E-state index in [1.807, 2.05) is 75.5 Å². The van der Waals surface area contributed by atoms with Gasteiger partial charge < -0.3 is 25.4 Å². The van der Waals surface area contributed by atoms with Crippen LogP contribution in [0.2, 0.25) is 0 Å². The van der Waals surface area contributed by atoms with Crippen LogP contribution >= 0.6 is 0 Å². The Bertz CT molecular complexity index is 1300. The Labute approximate surface area is 241 Å². The Morgan fingerprint density at radius 2 is 1.46 bits per heavy atom. The molecule has 1 aliphatic carbocycles. The van der Waals surface area contributed by atoms with Crippen molar-refractivity contribution in [3.8, 4) is 11.1 Å². The predicted octanol–water partition coefficient (Wildman–Crippen LogP) is 5.03. The average Bonchev–Trinajstić information content (AvgIpc) is 3.27. The molecule has 3 aromatic carbocycles. The minimum absolute atomic E-state index is 0.0456. The summed E-state index contributed by atoms with van der Waals surface area (Å²) in [6, 6.07) is 24.9. The Morgan fingerprint density at radius 1 is 0.878 bits per heavy atom. The quantitative estimate of drug-likeness (QED) is 0.272. The van der Waals surface area contributed by atoms with Crippen LogP contribution in [0.4, 0.5) is 4.79 Å².